The number of morpholine rings is 1. The van der Waals surface area contributed by atoms with Crippen LogP contribution in [-0.4, -0.2) is 91.5 Å². The molecule has 0 spiro atoms. The first-order valence-corrected chi connectivity index (χ1v) is 12.8. The van der Waals surface area contributed by atoms with E-state index in [9.17, 15) is 9.59 Å². The van der Waals surface area contributed by atoms with Gasteiger partial charge in [0.15, 0.2) is 11.5 Å². The van der Waals surface area contributed by atoms with Gasteiger partial charge in [-0.05, 0) is 30.3 Å². The van der Waals surface area contributed by atoms with Crippen LogP contribution < -0.4 is 20.1 Å². The molecule has 2 aliphatic rings. The van der Waals surface area contributed by atoms with Crippen molar-refractivity contribution in [2.24, 2.45) is 0 Å². The summed E-state index contributed by atoms with van der Waals surface area (Å²) in [6.45, 7) is 2.87. The van der Waals surface area contributed by atoms with Crippen molar-refractivity contribution in [2.75, 3.05) is 58.9 Å². The summed E-state index contributed by atoms with van der Waals surface area (Å²) < 4.78 is 16.1. The van der Waals surface area contributed by atoms with E-state index in [1.807, 2.05) is 6.07 Å². The van der Waals surface area contributed by atoms with Crippen LogP contribution in [0.15, 0.2) is 36.4 Å². The van der Waals surface area contributed by atoms with Gasteiger partial charge in [0.25, 0.3) is 11.8 Å². The number of anilines is 1. The standard InChI is InChI=1S/C26H30N6O5S/c1-35-21-13-17-19(14-22(21)36-2)30-26(38)32(23(17)27)6-5-28-24(33)20-12-16-11-15(3-4-18(16)29-20)25(34)31-7-9-37-10-8-31/h3-4,11-14,26-27,29-30,38H,5-10H2,1-2H3,(H,28,33). The van der Waals surface area contributed by atoms with Gasteiger partial charge in [0, 0.05) is 54.3 Å². The van der Waals surface area contributed by atoms with E-state index in [1.54, 1.807) is 54.4 Å². The van der Waals surface area contributed by atoms with Crippen molar-refractivity contribution in [3.05, 3.63) is 53.2 Å². The molecule has 1 saturated heterocycles. The Morgan fingerprint density at radius 3 is 2.61 bits per heavy atom. The van der Waals surface area contributed by atoms with Gasteiger partial charge in [0.2, 0.25) is 0 Å². The SMILES string of the molecule is COc1cc2c(cc1OC)C(=N)N(CCNC(=O)c1cc3cc(C(=O)N4CCOCC4)ccc3[nH]1)C(S)N2. The summed E-state index contributed by atoms with van der Waals surface area (Å²) in [6, 6.07) is 10.6. The van der Waals surface area contributed by atoms with Crippen molar-refractivity contribution in [1.29, 1.82) is 5.41 Å². The average Bonchev–Trinajstić information content (AvgIpc) is 3.38. The number of rotatable bonds is 7. The normalized spacial score (nSPS) is 17.1. The number of H-pyrrole nitrogens is 1. The zero-order valence-corrected chi connectivity index (χ0v) is 22.1. The number of methoxy groups -OCH3 is 2. The van der Waals surface area contributed by atoms with Crippen LogP contribution in [0.3, 0.4) is 0 Å². The highest BCUT2D eigenvalue weighted by Crippen LogP contribution is 2.37. The summed E-state index contributed by atoms with van der Waals surface area (Å²) in [5.41, 5.74) is 2.66. The summed E-state index contributed by atoms with van der Waals surface area (Å²) in [5, 5.41) is 15.6. The maximum Gasteiger partial charge on any atom is 0.267 e. The molecule has 3 heterocycles. The van der Waals surface area contributed by atoms with Crippen LogP contribution in [-0.2, 0) is 4.74 Å². The maximum atomic E-state index is 12.9. The Morgan fingerprint density at radius 1 is 1.13 bits per heavy atom. The van der Waals surface area contributed by atoms with Gasteiger partial charge in [0.1, 0.15) is 17.0 Å². The molecule has 200 valence electrons. The fourth-order valence-corrected chi connectivity index (χ4v) is 5.01. The number of nitrogens with zero attached hydrogens (tertiary/aromatic N) is 2. The molecule has 1 fully saturated rings. The second kappa shape index (κ2) is 10.8. The van der Waals surface area contributed by atoms with Gasteiger partial charge in [-0.1, -0.05) is 0 Å². The molecule has 0 aliphatic carbocycles. The molecule has 38 heavy (non-hydrogen) atoms. The van der Waals surface area contributed by atoms with Crippen molar-refractivity contribution >= 4 is 46.9 Å². The number of carbonyl (C=O) groups is 2. The summed E-state index contributed by atoms with van der Waals surface area (Å²) in [7, 11) is 3.11. The highest BCUT2D eigenvalue weighted by molar-refractivity contribution is 7.81. The van der Waals surface area contributed by atoms with Gasteiger partial charge >= 0.3 is 0 Å². The Balaban J connectivity index is 1.22. The van der Waals surface area contributed by atoms with Gasteiger partial charge in [0.05, 0.1) is 33.1 Å². The fraction of sp³-hybridized carbons (Fsp3) is 0.346. The van der Waals surface area contributed by atoms with Crippen LogP contribution >= 0.6 is 12.6 Å². The van der Waals surface area contributed by atoms with Crippen LogP contribution in [0.4, 0.5) is 5.69 Å². The van der Waals surface area contributed by atoms with Gasteiger partial charge in [-0.3, -0.25) is 15.0 Å². The van der Waals surface area contributed by atoms with Gasteiger partial charge in [-0.2, -0.15) is 0 Å². The van der Waals surface area contributed by atoms with E-state index in [0.717, 1.165) is 16.6 Å². The highest BCUT2D eigenvalue weighted by atomic mass is 32.1. The monoisotopic (exact) mass is 538 g/mol. The van der Waals surface area contributed by atoms with Crippen molar-refractivity contribution in [2.45, 2.75) is 5.50 Å². The van der Waals surface area contributed by atoms with Crippen LogP contribution in [0.1, 0.15) is 26.4 Å². The molecule has 1 atom stereocenters. The molecule has 1 aromatic heterocycles. The number of benzene rings is 2. The molecule has 0 bridgehead atoms. The Bertz CT molecular complexity index is 1390. The molecule has 11 nitrogen and oxygen atoms in total. The molecule has 2 aromatic carbocycles. The number of fused-ring (bicyclic) bond motifs is 2. The zero-order chi connectivity index (χ0) is 26.8. The first kappa shape index (κ1) is 25.7. The number of amidine groups is 1. The Kier molecular flexibility index (Phi) is 7.34. The third kappa shape index (κ3) is 4.96. The van der Waals surface area contributed by atoms with Crippen molar-refractivity contribution in [3.63, 3.8) is 0 Å². The van der Waals surface area contributed by atoms with Crippen LogP contribution in [0.5, 0.6) is 11.5 Å². The predicted molar refractivity (Wildman–Crippen MR) is 147 cm³/mol. The molecular formula is C26H30N6O5S. The minimum atomic E-state index is -0.458. The first-order valence-electron chi connectivity index (χ1n) is 12.2. The molecule has 5 rings (SSSR count). The number of aromatic amines is 1. The largest absolute Gasteiger partial charge is 0.493 e. The lowest BCUT2D eigenvalue weighted by atomic mass is 10.1. The summed E-state index contributed by atoms with van der Waals surface area (Å²) >= 11 is 4.59. The van der Waals surface area contributed by atoms with E-state index in [4.69, 9.17) is 19.6 Å². The number of nitrogens with one attached hydrogen (secondary N) is 4. The first-order chi connectivity index (χ1) is 18.4. The zero-order valence-electron chi connectivity index (χ0n) is 21.2. The predicted octanol–water partition coefficient (Wildman–Crippen LogP) is 2.35. The third-order valence-corrected chi connectivity index (χ3v) is 7.10. The molecule has 3 aromatic rings. The van der Waals surface area contributed by atoms with E-state index in [0.29, 0.717) is 67.7 Å². The quantitative estimate of drug-likeness (QED) is 0.292. The summed E-state index contributed by atoms with van der Waals surface area (Å²) in [4.78, 5) is 32.3. The van der Waals surface area contributed by atoms with Crippen molar-refractivity contribution in [3.8, 4) is 11.5 Å². The number of ether oxygens (including phenoxy) is 3. The van der Waals surface area contributed by atoms with Crippen molar-refractivity contribution in [1.82, 2.24) is 20.1 Å². The highest BCUT2D eigenvalue weighted by Gasteiger charge is 2.29. The number of hydrogen-bond acceptors (Lipinski definition) is 8. The minimum Gasteiger partial charge on any atom is -0.493 e. The number of thiol groups is 1. The van der Waals surface area contributed by atoms with E-state index < -0.39 is 5.50 Å². The summed E-state index contributed by atoms with van der Waals surface area (Å²) in [5.74, 6) is 1.03. The maximum absolute atomic E-state index is 12.9. The smallest absolute Gasteiger partial charge is 0.267 e. The van der Waals surface area contributed by atoms with Crippen LogP contribution in [0.2, 0.25) is 0 Å². The molecule has 12 heteroatoms. The molecular weight excluding hydrogens is 508 g/mol. The lowest BCUT2D eigenvalue weighted by Gasteiger charge is -2.37. The summed E-state index contributed by atoms with van der Waals surface area (Å²) in [6.07, 6.45) is 0. The molecule has 2 aliphatic heterocycles. The molecule has 4 N–H and O–H groups in total. The lowest BCUT2D eigenvalue weighted by molar-refractivity contribution is 0.0303. The topological polar surface area (TPSA) is 132 Å². The minimum absolute atomic E-state index is 0.0427. The van der Waals surface area contributed by atoms with Gasteiger partial charge < -0.3 is 39.6 Å². The van der Waals surface area contributed by atoms with E-state index >= 15 is 0 Å². The molecule has 0 saturated carbocycles. The van der Waals surface area contributed by atoms with Crippen LogP contribution in [0.25, 0.3) is 10.9 Å². The molecule has 2 amide bonds. The fourth-order valence-electron chi connectivity index (χ4n) is 4.64. The van der Waals surface area contributed by atoms with E-state index in [2.05, 4.69) is 28.2 Å². The van der Waals surface area contributed by atoms with E-state index in [-0.39, 0.29) is 17.6 Å². The van der Waals surface area contributed by atoms with Crippen LogP contribution in [0, 0.1) is 5.41 Å². The Hall–Kier alpha value is -3.90. The van der Waals surface area contributed by atoms with E-state index in [1.165, 1.54) is 0 Å². The number of carbonyl (C=O) groups excluding carboxylic acids is 2. The molecule has 1 unspecified atom stereocenters. The second-order valence-electron chi connectivity index (χ2n) is 8.96. The number of aromatic nitrogens is 1. The number of hydrogen-bond donors (Lipinski definition) is 5. The second-order valence-corrected chi connectivity index (χ2v) is 9.45. The average molecular weight is 539 g/mol. The Morgan fingerprint density at radius 2 is 1.87 bits per heavy atom. The molecule has 0 radical (unpaired) electrons. The van der Waals surface area contributed by atoms with Gasteiger partial charge in [-0.15, -0.1) is 12.6 Å². The number of amides is 2. The third-order valence-electron chi connectivity index (χ3n) is 6.69. The Labute approximate surface area is 225 Å². The van der Waals surface area contributed by atoms with Gasteiger partial charge in [-0.25, -0.2) is 0 Å². The van der Waals surface area contributed by atoms with Crippen molar-refractivity contribution < 1.29 is 23.8 Å². The lowest BCUT2D eigenvalue weighted by Crippen LogP contribution is -2.48.